The Bertz CT molecular complexity index is 1510. The smallest absolute Gasteiger partial charge is 0.283 e. The molecule has 0 saturated carbocycles. The number of halogens is 1. The molecule has 1 aliphatic heterocycles. The number of benzene rings is 3. The Labute approximate surface area is 219 Å². The first kappa shape index (κ1) is 27.0. The second-order valence-corrected chi connectivity index (χ2v) is 11.1. The summed E-state index contributed by atoms with van der Waals surface area (Å²) in [5.41, 5.74) is 1.85. The molecular weight excluding hydrogens is 520 g/mol. The maximum Gasteiger partial charge on any atom is 0.283 e. The molecule has 0 fully saturated rings. The van der Waals surface area contributed by atoms with E-state index >= 15 is 0 Å². The van der Waals surface area contributed by atoms with E-state index in [4.69, 9.17) is 11.6 Å². The molecule has 0 spiro atoms. The van der Waals surface area contributed by atoms with Gasteiger partial charge < -0.3 is 4.90 Å². The summed E-state index contributed by atoms with van der Waals surface area (Å²) < 4.78 is 36.4. The van der Waals surface area contributed by atoms with Crippen molar-refractivity contribution in [2.45, 2.75) is 18.4 Å². The minimum Gasteiger partial charge on any atom is -0.317 e. The van der Waals surface area contributed by atoms with Gasteiger partial charge in [-0.1, -0.05) is 59.0 Å². The molecule has 5 rings (SSSR count). The zero-order valence-electron chi connectivity index (χ0n) is 19.3. The largest absolute Gasteiger partial charge is 0.317 e. The van der Waals surface area contributed by atoms with Crippen molar-refractivity contribution in [3.8, 4) is 0 Å². The van der Waals surface area contributed by atoms with Crippen molar-refractivity contribution in [2.75, 3.05) is 10.8 Å². The number of aryl methyl sites for hydroxylation is 1. The summed E-state index contributed by atoms with van der Waals surface area (Å²) in [6.45, 7) is 14.9. The third-order valence-corrected chi connectivity index (χ3v) is 8.19. The Morgan fingerprint density at radius 2 is 1.80 bits per heavy atom. The summed E-state index contributed by atoms with van der Waals surface area (Å²) in [5, 5.41) is 4.62. The van der Waals surface area contributed by atoms with Gasteiger partial charge in [0.05, 0.1) is 22.2 Å². The summed E-state index contributed by atoms with van der Waals surface area (Å²) in [6, 6.07) is 17.9. The van der Waals surface area contributed by atoms with Crippen molar-refractivity contribution < 1.29 is 17.5 Å². The van der Waals surface area contributed by atoms with Gasteiger partial charge in [0.1, 0.15) is 11.2 Å². The molecule has 0 radical (unpaired) electrons. The van der Waals surface area contributed by atoms with Crippen LogP contribution in [0.3, 0.4) is 0 Å². The Morgan fingerprint density at radius 1 is 1.09 bits per heavy atom. The zero-order chi connectivity index (χ0) is 25.8. The van der Waals surface area contributed by atoms with Crippen LogP contribution in [0.2, 0.25) is 5.02 Å². The molecule has 3 aromatic carbocycles. The number of aromatic nitrogens is 1. The fourth-order valence-corrected chi connectivity index (χ4v) is 7.06. The summed E-state index contributed by atoms with van der Waals surface area (Å²) in [4.78, 5) is 2.50. The predicted octanol–water partition coefficient (Wildman–Crippen LogP) is 7.38. The number of anilines is 1. The lowest BCUT2D eigenvalue weighted by Gasteiger charge is -2.18. The van der Waals surface area contributed by atoms with Gasteiger partial charge in [-0.15, -0.1) is 26.3 Å². The number of hydrogen-bond donors (Lipinski definition) is 1. The van der Waals surface area contributed by atoms with Gasteiger partial charge in [-0.05, 0) is 42.6 Å². The van der Waals surface area contributed by atoms with Gasteiger partial charge in [-0.2, -0.15) is 13.0 Å². The van der Waals surface area contributed by atoms with Crippen molar-refractivity contribution in [2.24, 2.45) is 0 Å². The number of rotatable bonds is 4. The van der Waals surface area contributed by atoms with Gasteiger partial charge in [0.2, 0.25) is 5.52 Å². The fraction of sp³-hybridized carbons (Fsp3) is 0.115. The van der Waals surface area contributed by atoms with E-state index in [0.29, 0.717) is 10.7 Å². The minimum absolute atomic E-state index is 0.512. The van der Waals surface area contributed by atoms with Crippen molar-refractivity contribution in [1.29, 1.82) is 0 Å². The van der Waals surface area contributed by atoms with Gasteiger partial charge in [-0.25, -0.2) is 0 Å². The molecule has 1 aromatic heterocycles. The number of thiazole rings is 1. The summed E-state index contributed by atoms with van der Waals surface area (Å²) in [7, 11) is -4.23. The lowest BCUT2D eigenvalue weighted by atomic mass is 10.1. The third kappa shape index (κ3) is 5.63. The zero-order valence-corrected chi connectivity index (χ0v) is 22.5. The van der Waals surface area contributed by atoms with Crippen LogP contribution in [0.5, 0.6) is 0 Å². The summed E-state index contributed by atoms with van der Waals surface area (Å²) in [5.74, 6) is -0.529. The highest BCUT2D eigenvalue weighted by molar-refractivity contribution is 8.04. The highest BCUT2D eigenvalue weighted by atomic mass is 35.5. The first-order valence-corrected chi connectivity index (χ1v) is 14.2. The van der Waals surface area contributed by atoms with E-state index < -0.39 is 16.0 Å². The van der Waals surface area contributed by atoms with Crippen molar-refractivity contribution in [3.05, 3.63) is 96.0 Å². The van der Waals surface area contributed by atoms with E-state index in [1.807, 2.05) is 24.3 Å². The lowest BCUT2D eigenvalue weighted by molar-refractivity contribution is -0.664. The van der Waals surface area contributed by atoms with Gasteiger partial charge in [-0.3, -0.25) is 4.55 Å². The molecule has 5 nitrogen and oxygen atoms in total. The van der Waals surface area contributed by atoms with E-state index in [1.54, 1.807) is 28.4 Å². The molecule has 0 saturated heterocycles. The molecule has 1 N–H and O–H groups in total. The summed E-state index contributed by atoms with van der Waals surface area (Å²) >= 11 is 9.28. The molecule has 182 valence electrons. The first-order valence-electron chi connectivity index (χ1n) is 10.6. The van der Waals surface area contributed by atoms with E-state index in [9.17, 15) is 13.0 Å². The first-order chi connectivity index (χ1) is 16.8. The molecule has 0 unspecified atom stereocenters. The highest BCUT2D eigenvalue weighted by Crippen LogP contribution is 2.48. The molecule has 0 aliphatic carbocycles. The quantitative estimate of drug-likeness (QED) is 0.165. The van der Waals surface area contributed by atoms with Crippen LogP contribution in [0.15, 0.2) is 90.8 Å². The SMILES string of the molecule is C=C.C=C.CC[n+]1c(C=C2Sc3ccc(Cl)cc3N2CS(=O)(=O)O)sc2ccc3ccccc3c21. The van der Waals surface area contributed by atoms with Gasteiger partial charge in [0.25, 0.3) is 15.1 Å². The second kappa shape index (κ2) is 11.4. The van der Waals surface area contributed by atoms with Crippen LogP contribution in [0.25, 0.3) is 27.1 Å². The molecule has 4 aromatic rings. The van der Waals surface area contributed by atoms with Crippen LogP contribution in [0.1, 0.15) is 11.9 Å². The van der Waals surface area contributed by atoms with Crippen LogP contribution in [0.4, 0.5) is 5.69 Å². The Balaban J connectivity index is 0.000000815. The van der Waals surface area contributed by atoms with E-state index in [0.717, 1.165) is 26.2 Å². The third-order valence-electron chi connectivity index (χ3n) is 5.16. The Kier molecular flexibility index (Phi) is 8.79. The number of hydrogen-bond acceptors (Lipinski definition) is 5. The highest BCUT2D eigenvalue weighted by Gasteiger charge is 2.31. The van der Waals surface area contributed by atoms with Crippen LogP contribution in [-0.4, -0.2) is 18.8 Å². The molecule has 2 heterocycles. The number of nitrogens with zero attached hydrogens (tertiary/aromatic N) is 2. The summed E-state index contributed by atoms with van der Waals surface area (Å²) in [6.07, 6.45) is 1.99. The predicted molar refractivity (Wildman–Crippen MR) is 152 cm³/mol. The topological polar surface area (TPSA) is 61.5 Å². The normalized spacial score (nSPS) is 13.8. The molecular formula is C26H26ClN2O3S3+. The van der Waals surface area contributed by atoms with E-state index in [-0.39, 0.29) is 0 Å². The molecule has 0 amide bonds. The molecule has 1 aliphatic rings. The molecule has 35 heavy (non-hydrogen) atoms. The molecule has 0 bridgehead atoms. The van der Waals surface area contributed by atoms with Crippen LogP contribution >= 0.6 is 34.7 Å². The maximum absolute atomic E-state index is 11.7. The maximum atomic E-state index is 11.7. The van der Waals surface area contributed by atoms with Crippen molar-refractivity contribution in [3.63, 3.8) is 0 Å². The van der Waals surface area contributed by atoms with Gasteiger partial charge in [0, 0.05) is 9.92 Å². The van der Waals surface area contributed by atoms with E-state index in [1.165, 1.54) is 28.1 Å². The van der Waals surface area contributed by atoms with Crippen LogP contribution in [-0.2, 0) is 16.7 Å². The van der Waals surface area contributed by atoms with E-state index in [2.05, 4.69) is 62.1 Å². The van der Waals surface area contributed by atoms with Crippen LogP contribution in [0, 0.1) is 0 Å². The molecule has 0 atom stereocenters. The second-order valence-electron chi connectivity index (χ2n) is 7.15. The lowest BCUT2D eigenvalue weighted by Crippen LogP contribution is -2.34. The molecule has 9 heteroatoms. The monoisotopic (exact) mass is 545 g/mol. The van der Waals surface area contributed by atoms with Crippen molar-refractivity contribution in [1.82, 2.24) is 0 Å². The van der Waals surface area contributed by atoms with Gasteiger partial charge >= 0.3 is 0 Å². The van der Waals surface area contributed by atoms with Gasteiger partial charge in [0.15, 0.2) is 5.88 Å². The van der Waals surface area contributed by atoms with Crippen molar-refractivity contribution >= 4 is 77.6 Å². The average molecular weight is 546 g/mol. The Hall–Kier alpha value is -2.62. The fourth-order valence-electron chi connectivity index (χ4n) is 3.88. The number of thioether (sulfide) groups is 1. The minimum atomic E-state index is -4.23. The van der Waals surface area contributed by atoms with Crippen LogP contribution < -0.4 is 9.47 Å². The standard InChI is InChI=1S/C22H17ClN2O3S3.2C2H4/c1-2-24-20(30-19-9-7-14-5-3-4-6-16(14)22(19)24)12-21-25(13-31(26,27)28)17-11-15(23)8-10-18(17)29-21;2*1-2/h3-12H,2,13H2,1H3;2*1-2H2/p+1. The number of fused-ring (bicyclic) bond motifs is 4. The average Bonchev–Trinajstić information content (AvgIpc) is 3.38. The Morgan fingerprint density at radius 3 is 2.49 bits per heavy atom.